The number of hydrogen-bond acceptors (Lipinski definition) is 4. The van der Waals surface area contributed by atoms with Gasteiger partial charge in [-0.2, -0.15) is 5.48 Å². The number of carbonyl (C=O) groups excluding carboxylic acids is 2. The van der Waals surface area contributed by atoms with Gasteiger partial charge in [0.25, 0.3) is 0 Å². The van der Waals surface area contributed by atoms with Gasteiger partial charge in [-0.1, -0.05) is 44.2 Å². The molecule has 1 aromatic rings. The highest BCUT2D eigenvalue weighted by molar-refractivity contribution is 5.81. The van der Waals surface area contributed by atoms with E-state index in [2.05, 4.69) is 10.8 Å². The molecule has 5 heteroatoms. The molecule has 1 amide bonds. The highest BCUT2D eigenvalue weighted by atomic mass is 16.7. The van der Waals surface area contributed by atoms with Crippen LogP contribution in [0.25, 0.3) is 0 Å². The van der Waals surface area contributed by atoms with Crippen LogP contribution in [0.3, 0.4) is 0 Å². The smallest absolute Gasteiger partial charge is 0.344 e. The third-order valence-electron chi connectivity index (χ3n) is 2.57. The average Bonchev–Trinajstić information content (AvgIpc) is 2.42. The van der Waals surface area contributed by atoms with Gasteiger partial charge in [-0.15, -0.1) is 0 Å². The van der Waals surface area contributed by atoms with Gasteiger partial charge in [0.15, 0.2) is 0 Å². The molecule has 0 spiro atoms. The Morgan fingerprint density at radius 3 is 2.55 bits per heavy atom. The van der Waals surface area contributed by atoms with Gasteiger partial charge in [0.1, 0.15) is 6.54 Å². The Balaban J connectivity index is 2.07. The predicted octanol–water partition coefficient (Wildman–Crippen LogP) is 1.44. The van der Waals surface area contributed by atoms with Gasteiger partial charge in [0, 0.05) is 13.0 Å². The highest BCUT2D eigenvalue weighted by Gasteiger charge is 2.08. The molecule has 1 rings (SSSR count). The number of hydrogen-bond donors (Lipinski definition) is 2. The summed E-state index contributed by atoms with van der Waals surface area (Å²) in [6.45, 7) is 4.33. The summed E-state index contributed by atoms with van der Waals surface area (Å²) in [5.74, 6) is -0.355. The van der Waals surface area contributed by atoms with Crippen LogP contribution in [0.15, 0.2) is 30.3 Å². The number of carbonyl (C=O) groups is 2. The normalized spacial score (nSPS) is 10.3. The van der Waals surface area contributed by atoms with E-state index in [0.717, 1.165) is 6.42 Å². The van der Waals surface area contributed by atoms with Crippen molar-refractivity contribution in [1.82, 2.24) is 10.8 Å². The first-order chi connectivity index (χ1) is 9.58. The number of nitrogens with one attached hydrogen (secondary N) is 2. The molecule has 0 bridgehead atoms. The summed E-state index contributed by atoms with van der Waals surface area (Å²) in [4.78, 5) is 27.5. The van der Waals surface area contributed by atoms with Crippen LogP contribution >= 0.6 is 0 Å². The fourth-order valence-corrected chi connectivity index (χ4v) is 1.62. The fourth-order valence-electron chi connectivity index (χ4n) is 1.62. The lowest BCUT2D eigenvalue weighted by molar-refractivity contribution is -0.151. The molecule has 1 aromatic carbocycles. The van der Waals surface area contributed by atoms with Crippen molar-refractivity contribution in [3.05, 3.63) is 35.9 Å². The molecule has 0 fully saturated rings. The molecular formula is C15H22N2O3. The second-order valence-electron chi connectivity index (χ2n) is 4.98. The minimum atomic E-state index is -0.491. The van der Waals surface area contributed by atoms with E-state index in [-0.39, 0.29) is 18.4 Å². The molecule has 2 N–H and O–H groups in total. The Morgan fingerprint density at radius 2 is 1.90 bits per heavy atom. The van der Waals surface area contributed by atoms with Gasteiger partial charge < -0.3 is 10.2 Å². The second-order valence-corrected chi connectivity index (χ2v) is 4.98. The molecule has 110 valence electrons. The first kappa shape index (κ1) is 16.2. The maximum atomic E-state index is 11.3. The van der Waals surface area contributed by atoms with Crippen molar-refractivity contribution in [3.63, 3.8) is 0 Å². The summed E-state index contributed by atoms with van der Waals surface area (Å²) in [5, 5.41) is 2.52. The minimum absolute atomic E-state index is 0.107. The molecule has 0 aromatic heterocycles. The van der Waals surface area contributed by atoms with E-state index in [1.807, 2.05) is 44.2 Å². The summed E-state index contributed by atoms with van der Waals surface area (Å²) < 4.78 is 0. The van der Waals surface area contributed by atoms with Crippen molar-refractivity contribution in [2.75, 3.05) is 13.1 Å². The second kappa shape index (κ2) is 9.09. The first-order valence-corrected chi connectivity index (χ1v) is 6.81. The Labute approximate surface area is 119 Å². The van der Waals surface area contributed by atoms with Crippen molar-refractivity contribution < 1.29 is 14.4 Å². The van der Waals surface area contributed by atoms with Crippen molar-refractivity contribution in [2.24, 2.45) is 5.92 Å². The van der Waals surface area contributed by atoms with E-state index in [9.17, 15) is 9.59 Å². The van der Waals surface area contributed by atoms with Crippen LogP contribution in [0.4, 0.5) is 0 Å². The molecule has 0 unspecified atom stereocenters. The summed E-state index contributed by atoms with van der Waals surface area (Å²) in [7, 11) is 0. The van der Waals surface area contributed by atoms with Crippen molar-refractivity contribution in [2.45, 2.75) is 26.7 Å². The molecule has 5 nitrogen and oxygen atoms in total. The predicted molar refractivity (Wildman–Crippen MR) is 76.7 cm³/mol. The summed E-state index contributed by atoms with van der Waals surface area (Å²) >= 11 is 0. The molecule has 0 atom stereocenters. The highest BCUT2D eigenvalue weighted by Crippen LogP contribution is 1.98. The molecule has 20 heavy (non-hydrogen) atoms. The van der Waals surface area contributed by atoms with Crippen molar-refractivity contribution in [1.29, 1.82) is 0 Å². The molecule has 0 aliphatic carbocycles. The number of rotatable bonds is 8. The van der Waals surface area contributed by atoms with Crippen LogP contribution in [0.1, 0.15) is 25.8 Å². The monoisotopic (exact) mass is 278 g/mol. The maximum Gasteiger partial charge on any atom is 0.344 e. The van der Waals surface area contributed by atoms with Crippen LogP contribution < -0.4 is 10.8 Å². The van der Waals surface area contributed by atoms with Gasteiger partial charge >= 0.3 is 5.97 Å². The van der Waals surface area contributed by atoms with Crippen LogP contribution in [-0.2, 0) is 20.8 Å². The summed E-state index contributed by atoms with van der Waals surface area (Å²) in [6.07, 6.45) is 1.18. The third kappa shape index (κ3) is 7.53. The molecule has 0 aliphatic heterocycles. The van der Waals surface area contributed by atoms with Crippen LogP contribution in [-0.4, -0.2) is 25.0 Å². The molecule has 0 radical (unpaired) electrons. The van der Waals surface area contributed by atoms with Gasteiger partial charge in [-0.05, 0) is 17.9 Å². The van der Waals surface area contributed by atoms with Gasteiger partial charge in [0.05, 0.1) is 0 Å². The molecular weight excluding hydrogens is 256 g/mol. The SMILES string of the molecule is CC(C)CC(=O)NCC(=O)ONCCc1ccccc1. The molecule has 0 heterocycles. The molecule has 0 saturated heterocycles. The summed E-state index contributed by atoms with van der Waals surface area (Å²) in [5.41, 5.74) is 3.77. The van der Waals surface area contributed by atoms with Crippen LogP contribution in [0.2, 0.25) is 0 Å². The van der Waals surface area contributed by atoms with Crippen molar-refractivity contribution in [3.8, 4) is 0 Å². The van der Waals surface area contributed by atoms with Crippen molar-refractivity contribution >= 4 is 11.9 Å². The van der Waals surface area contributed by atoms with E-state index >= 15 is 0 Å². The van der Waals surface area contributed by atoms with Crippen LogP contribution in [0.5, 0.6) is 0 Å². The van der Waals surface area contributed by atoms with E-state index < -0.39 is 5.97 Å². The van der Waals surface area contributed by atoms with E-state index in [4.69, 9.17) is 4.84 Å². The zero-order chi connectivity index (χ0) is 14.8. The Hall–Kier alpha value is -1.88. The van der Waals surface area contributed by atoms with E-state index in [0.29, 0.717) is 13.0 Å². The zero-order valence-electron chi connectivity index (χ0n) is 12.0. The zero-order valence-corrected chi connectivity index (χ0v) is 12.0. The molecule has 0 aliphatic rings. The standard InChI is InChI=1S/C15H22N2O3/c1-12(2)10-14(18)16-11-15(19)20-17-9-8-13-6-4-3-5-7-13/h3-7,12,17H,8-11H2,1-2H3,(H,16,18). The average molecular weight is 278 g/mol. The lowest BCUT2D eigenvalue weighted by Gasteiger charge is -2.08. The van der Waals surface area contributed by atoms with Gasteiger partial charge in [0.2, 0.25) is 5.91 Å². The quantitative estimate of drug-likeness (QED) is 0.558. The fraction of sp³-hybridized carbons (Fsp3) is 0.467. The lowest BCUT2D eigenvalue weighted by Crippen LogP contribution is -2.34. The Bertz CT molecular complexity index is 418. The molecule has 0 saturated carbocycles. The Morgan fingerprint density at radius 1 is 1.20 bits per heavy atom. The number of benzene rings is 1. The van der Waals surface area contributed by atoms with Crippen LogP contribution in [0, 0.1) is 5.92 Å². The van der Waals surface area contributed by atoms with Gasteiger partial charge in [-0.25, -0.2) is 4.79 Å². The topological polar surface area (TPSA) is 67.4 Å². The number of amides is 1. The third-order valence-corrected chi connectivity index (χ3v) is 2.57. The van der Waals surface area contributed by atoms with Gasteiger partial charge in [-0.3, -0.25) is 4.79 Å². The maximum absolute atomic E-state index is 11.3. The lowest BCUT2D eigenvalue weighted by atomic mass is 10.1. The summed E-state index contributed by atoms with van der Waals surface area (Å²) in [6, 6.07) is 9.90. The Kier molecular flexibility index (Phi) is 7.35. The van der Waals surface area contributed by atoms with E-state index in [1.165, 1.54) is 5.56 Å². The largest absolute Gasteiger partial charge is 0.369 e. The first-order valence-electron chi connectivity index (χ1n) is 6.81. The van der Waals surface area contributed by atoms with E-state index in [1.54, 1.807) is 0 Å². The minimum Gasteiger partial charge on any atom is -0.369 e. The number of hydroxylamine groups is 1.